The van der Waals surface area contributed by atoms with Crippen LogP contribution in [0.4, 0.5) is 0 Å². The van der Waals surface area contributed by atoms with E-state index in [9.17, 15) is 4.79 Å². The molecule has 0 aromatic carbocycles. The summed E-state index contributed by atoms with van der Waals surface area (Å²) >= 11 is 4.77. The zero-order valence-electron chi connectivity index (χ0n) is 13.8. The Morgan fingerprint density at radius 1 is 1.33 bits per heavy atom. The van der Waals surface area contributed by atoms with Gasteiger partial charge in [-0.3, -0.25) is 4.79 Å². The summed E-state index contributed by atoms with van der Waals surface area (Å²) in [5, 5.41) is 10.2. The third kappa shape index (κ3) is 3.75. The molecule has 1 N–H and O–H groups in total. The van der Waals surface area contributed by atoms with Gasteiger partial charge in [-0.05, 0) is 54.9 Å². The van der Waals surface area contributed by atoms with Crippen LogP contribution in [-0.2, 0) is 0 Å². The van der Waals surface area contributed by atoms with Crippen LogP contribution >= 0.6 is 34.0 Å². The Hall–Kier alpha value is -1.54. The zero-order chi connectivity index (χ0) is 17.1. The lowest BCUT2D eigenvalue weighted by Crippen LogP contribution is -2.34. The molecule has 4 nitrogen and oxygen atoms in total. The van der Waals surface area contributed by atoms with Crippen LogP contribution in [0.5, 0.6) is 0 Å². The van der Waals surface area contributed by atoms with Crippen molar-refractivity contribution >= 4 is 39.9 Å². The molecule has 3 heterocycles. The lowest BCUT2D eigenvalue weighted by molar-refractivity contribution is 0.0945. The van der Waals surface area contributed by atoms with Gasteiger partial charge in [0.1, 0.15) is 9.88 Å². The van der Waals surface area contributed by atoms with E-state index in [-0.39, 0.29) is 11.9 Å². The van der Waals surface area contributed by atoms with Gasteiger partial charge < -0.3 is 10.2 Å². The fourth-order valence-corrected chi connectivity index (χ4v) is 4.93. The molecule has 0 aliphatic carbocycles. The van der Waals surface area contributed by atoms with E-state index in [4.69, 9.17) is 0 Å². The van der Waals surface area contributed by atoms with Crippen molar-refractivity contribution in [2.45, 2.75) is 13.0 Å². The predicted octanol–water partition coefficient (Wildman–Crippen LogP) is 4.27. The number of carbonyl (C=O) groups is 1. The van der Waals surface area contributed by atoms with Crippen molar-refractivity contribution < 1.29 is 4.79 Å². The second kappa shape index (κ2) is 7.57. The summed E-state index contributed by atoms with van der Waals surface area (Å²) in [5.41, 5.74) is 2.02. The number of rotatable bonds is 6. The summed E-state index contributed by atoms with van der Waals surface area (Å²) in [5.74, 6) is -0.0464. The summed E-state index contributed by atoms with van der Waals surface area (Å²) in [6.45, 7) is 2.47. The summed E-state index contributed by atoms with van der Waals surface area (Å²) in [7, 11) is 4.06. The molecular weight excluding hydrogens is 358 g/mol. The van der Waals surface area contributed by atoms with Gasteiger partial charge in [-0.1, -0.05) is 6.07 Å². The molecule has 1 unspecified atom stereocenters. The van der Waals surface area contributed by atoms with Gasteiger partial charge in [0.05, 0.1) is 16.6 Å². The van der Waals surface area contributed by atoms with Gasteiger partial charge in [-0.15, -0.1) is 22.7 Å². The molecule has 0 bridgehead atoms. The highest BCUT2D eigenvalue weighted by atomic mass is 32.1. The van der Waals surface area contributed by atoms with E-state index >= 15 is 0 Å². The Labute approximate surface area is 153 Å². The van der Waals surface area contributed by atoms with Crippen LogP contribution in [0, 0.1) is 6.92 Å². The topological polar surface area (TPSA) is 45.2 Å². The van der Waals surface area contributed by atoms with Crippen molar-refractivity contribution in [2.24, 2.45) is 0 Å². The molecule has 3 aromatic rings. The van der Waals surface area contributed by atoms with Gasteiger partial charge in [0.25, 0.3) is 5.91 Å². The Kier molecular flexibility index (Phi) is 5.45. The molecule has 0 saturated heterocycles. The average molecular weight is 378 g/mol. The Morgan fingerprint density at radius 3 is 2.79 bits per heavy atom. The lowest BCUT2D eigenvalue weighted by Gasteiger charge is -2.23. The number of thiophene rings is 2. The number of nitrogens with zero attached hydrogens (tertiary/aromatic N) is 2. The van der Waals surface area contributed by atoms with Crippen molar-refractivity contribution in [1.29, 1.82) is 0 Å². The molecule has 7 heteroatoms. The SMILES string of the molecule is Cc1nc(-c2cccs2)sc1C(=O)NCC(c1ccsc1)N(C)C. The van der Waals surface area contributed by atoms with Crippen molar-refractivity contribution in [2.75, 3.05) is 20.6 Å². The van der Waals surface area contributed by atoms with Gasteiger partial charge in [-0.2, -0.15) is 11.3 Å². The van der Waals surface area contributed by atoms with Gasteiger partial charge in [0.2, 0.25) is 0 Å². The van der Waals surface area contributed by atoms with Gasteiger partial charge in [-0.25, -0.2) is 4.98 Å². The number of nitrogens with one attached hydrogen (secondary N) is 1. The monoisotopic (exact) mass is 377 g/mol. The number of carbonyl (C=O) groups excluding carboxylic acids is 1. The number of thiazole rings is 1. The number of aromatic nitrogens is 1. The number of hydrogen-bond acceptors (Lipinski definition) is 6. The molecule has 1 amide bonds. The summed E-state index contributed by atoms with van der Waals surface area (Å²) in [4.78, 5) is 21.1. The highest BCUT2D eigenvalue weighted by molar-refractivity contribution is 7.22. The van der Waals surface area contributed by atoms with E-state index in [1.54, 1.807) is 22.7 Å². The standard InChI is InChI=1S/C17H19N3OS3/c1-11-15(24-17(19-11)14-5-4-7-23-14)16(21)18-9-13(20(2)3)12-6-8-22-10-12/h4-8,10,13H,9H2,1-3H3,(H,18,21). The smallest absolute Gasteiger partial charge is 0.263 e. The number of likely N-dealkylation sites (N-methyl/N-ethyl adjacent to an activating group) is 1. The Balaban J connectivity index is 1.71. The first-order valence-corrected chi connectivity index (χ1v) is 10.2. The highest BCUT2D eigenvalue weighted by Crippen LogP contribution is 2.31. The molecule has 0 fully saturated rings. The second-order valence-electron chi connectivity index (χ2n) is 5.66. The first kappa shape index (κ1) is 17.3. The molecule has 126 valence electrons. The first-order valence-electron chi connectivity index (χ1n) is 7.54. The number of amides is 1. The minimum atomic E-state index is -0.0464. The maximum Gasteiger partial charge on any atom is 0.263 e. The Morgan fingerprint density at radius 2 is 2.17 bits per heavy atom. The van der Waals surface area contributed by atoms with Crippen LogP contribution in [0.1, 0.15) is 27.0 Å². The van der Waals surface area contributed by atoms with Gasteiger partial charge in [0, 0.05) is 6.54 Å². The Bertz CT molecular complexity index is 791. The van der Waals surface area contributed by atoms with E-state index in [2.05, 4.69) is 32.0 Å². The van der Waals surface area contributed by atoms with Crippen molar-refractivity contribution in [1.82, 2.24) is 15.2 Å². The van der Waals surface area contributed by atoms with Crippen LogP contribution < -0.4 is 5.32 Å². The normalized spacial score (nSPS) is 12.5. The molecule has 3 rings (SSSR count). The van der Waals surface area contributed by atoms with E-state index < -0.39 is 0 Å². The molecule has 24 heavy (non-hydrogen) atoms. The molecule has 0 radical (unpaired) electrons. The fourth-order valence-electron chi connectivity index (χ4n) is 2.45. The van der Waals surface area contributed by atoms with Crippen molar-refractivity contribution in [3.8, 4) is 9.88 Å². The summed E-state index contributed by atoms with van der Waals surface area (Å²) in [6, 6.07) is 6.31. The van der Waals surface area contributed by atoms with Gasteiger partial charge in [0.15, 0.2) is 0 Å². The van der Waals surface area contributed by atoms with Crippen molar-refractivity contribution in [3.63, 3.8) is 0 Å². The molecular formula is C17H19N3OS3. The van der Waals surface area contributed by atoms with E-state index in [0.29, 0.717) is 11.4 Å². The van der Waals surface area contributed by atoms with E-state index in [0.717, 1.165) is 15.6 Å². The number of hydrogen-bond donors (Lipinski definition) is 1. The molecule has 0 saturated carbocycles. The fraction of sp³-hybridized carbons (Fsp3) is 0.294. The summed E-state index contributed by atoms with van der Waals surface area (Å²) in [6.07, 6.45) is 0. The third-order valence-electron chi connectivity index (χ3n) is 3.74. The molecule has 0 aliphatic rings. The van der Waals surface area contributed by atoms with Crippen LogP contribution in [0.2, 0.25) is 0 Å². The lowest BCUT2D eigenvalue weighted by atomic mass is 10.1. The number of aryl methyl sites for hydroxylation is 1. The molecule has 3 aromatic heterocycles. The largest absolute Gasteiger partial charge is 0.349 e. The van der Waals surface area contributed by atoms with E-state index in [1.165, 1.54) is 16.9 Å². The quantitative estimate of drug-likeness (QED) is 0.697. The average Bonchev–Trinajstić information content (AvgIpc) is 3.28. The summed E-state index contributed by atoms with van der Waals surface area (Å²) < 4.78 is 0. The van der Waals surface area contributed by atoms with E-state index in [1.807, 2.05) is 38.5 Å². The highest BCUT2D eigenvalue weighted by Gasteiger charge is 2.20. The maximum absolute atomic E-state index is 12.6. The maximum atomic E-state index is 12.6. The molecule has 0 spiro atoms. The second-order valence-corrected chi connectivity index (χ2v) is 8.38. The van der Waals surface area contributed by atoms with Crippen LogP contribution in [0.25, 0.3) is 9.88 Å². The minimum absolute atomic E-state index is 0.0464. The predicted molar refractivity (Wildman–Crippen MR) is 103 cm³/mol. The molecule has 1 atom stereocenters. The van der Waals surface area contributed by atoms with Crippen LogP contribution in [0.15, 0.2) is 34.3 Å². The third-order valence-corrected chi connectivity index (χ3v) is 6.64. The van der Waals surface area contributed by atoms with Crippen LogP contribution in [-0.4, -0.2) is 36.4 Å². The minimum Gasteiger partial charge on any atom is -0.349 e. The van der Waals surface area contributed by atoms with Crippen molar-refractivity contribution in [3.05, 3.63) is 50.5 Å². The van der Waals surface area contributed by atoms with Crippen LogP contribution in [0.3, 0.4) is 0 Å². The molecule has 0 aliphatic heterocycles. The first-order chi connectivity index (χ1) is 11.6. The zero-order valence-corrected chi connectivity index (χ0v) is 16.2. The van der Waals surface area contributed by atoms with Gasteiger partial charge >= 0.3 is 0 Å².